The molecule has 0 spiro atoms. The monoisotopic (exact) mass is 448 g/mol. The topological polar surface area (TPSA) is 72.5 Å². The molecular weight excluding hydrogens is 424 g/mol. The third-order valence-electron chi connectivity index (χ3n) is 5.17. The number of ketones is 1. The van der Waals surface area contributed by atoms with Gasteiger partial charge >= 0.3 is 0 Å². The van der Waals surface area contributed by atoms with Gasteiger partial charge in [-0.1, -0.05) is 12.1 Å². The minimum atomic E-state index is -0.210. The van der Waals surface area contributed by atoms with Gasteiger partial charge in [0.05, 0.1) is 34.0 Å². The molecule has 1 heterocycles. The molecule has 0 N–H and O–H groups in total. The molecule has 0 atom stereocenters. The maximum absolute atomic E-state index is 12.9. The Labute approximate surface area is 192 Å². The third kappa shape index (κ3) is 4.57. The zero-order valence-corrected chi connectivity index (χ0v) is 18.8. The molecule has 7 nitrogen and oxygen atoms in total. The molecule has 1 aliphatic rings. The zero-order chi connectivity index (χ0) is 23.4. The first-order chi connectivity index (χ1) is 16.1. The first kappa shape index (κ1) is 22.1. The van der Waals surface area contributed by atoms with Crippen molar-refractivity contribution in [3.8, 4) is 34.5 Å². The van der Waals surface area contributed by atoms with Gasteiger partial charge in [0.15, 0.2) is 17.3 Å². The normalized spacial score (nSPS) is 13.3. The van der Waals surface area contributed by atoms with Crippen LogP contribution in [0.15, 0.2) is 60.4 Å². The largest absolute Gasteiger partial charge is 0.497 e. The summed E-state index contributed by atoms with van der Waals surface area (Å²) in [5.74, 6) is 3.24. The molecule has 1 aliphatic heterocycles. The van der Waals surface area contributed by atoms with Gasteiger partial charge in [-0.3, -0.25) is 4.79 Å². The standard InChI is InChI=1S/C26H24O7/c1-28-18-7-5-6-16(10-18)15-32-19-8-9-20-21(14-19)33-22(25(20)27)11-17-12-23(29-2)26(31-4)24(13-17)30-3/h5-14H,15H2,1-4H3/b22-11-. The van der Waals surface area contributed by atoms with Crippen LogP contribution in [-0.4, -0.2) is 34.2 Å². The Morgan fingerprint density at radius 3 is 2.24 bits per heavy atom. The maximum atomic E-state index is 12.9. The minimum Gasteiger partial charge on any atom is -0.497 e. The van der Waals surface area contributed by atoms with Crippen LogP contribution in [0.25, 0.3) is 6.08 Å². The number of fused-ring (bicyclic) bond motifs is 1. The van der Waals surface area contributed by atoms with Crippen molar-refractivity contribution >= 4 is 11.9 Å². The summed E-state index contributed by atoms with van der Waals surface area (Å²) < 4.78 is 33.1. The summed E-state index contributed by atoms with van der Waals surface area (Å²) in [7, 11) is 6.23. The highest BCUT2D eigenvalue weighted by Gasteiger charge is 2.28. The number of hydrogen-bond acceptors (Lipinski definition) is 7. The molecule has 0 fully saturated rings. The molecule has 4 rings (SSSR count). The van der Waals surface area contributed by atoms with Gasteiger partial charge in [0.1, 0.15) is 23.9 Å². The van der Waals surface area contributed by atoms with Crippen molar-refractivity contribution in [2.75, 3.05) is 28.4 Å². The van der Waals surface area contributed by atoms with E-state index >= 15 is 0 Å². The second-order valence-corrected chi connectivity index (χ2v) is 7.20. The minimum absolute atomic E-state index is 0.198. The van der Waals surface area contributed by atoms with Gasteiger partial charge in [-0.25, -0.2) is 0 Å². The predicted octanol–water partition coefficient (Wildman–Crippen LogP) is 4.92. The predicted molar refractivity (Wildman–Crippen MR) is 123 cm³/mol. The number of rotatable bonds is 8. The number of benzene rings is 3. The average Bonchev–Trinajstić information content (AvgIpc) is 3.16. The van der Waals surface area contributed by atoms with Crippen molar-refractivity contribution in [2.45, 2.75) is 6.61 Å². The summed E-state index contributed by atoms with van der Waals surface area (Å²) in [4.78, 5) is 12.9. The highest BCUT2D eigenvalue weighted by molar-refractivity contribution is 6.14. The Morgan fingerprint density at radius 1 is 0.818 bits per heavy atom. The van der Waals surface area contributed by atoms with Gasteiger partial charge in [0.2, 0.25) is 11.5 Å². The number of carbonyl (C=O) groups is 1. The van der Waals surface area contributed by atoms with Crippen molar-refractivity contribution in [1.82, 2.24) is 0 Å². The molecule has 0 unspecified atom stereocenters. The van der Waals surface area contributed by atoms with Crippen LogP contribution in [-0.2, 0) is 6.61 Å². The molecule has 0 saturated heterocycles. The van der Waals surface area contributed by atoms with E-state index in [1.807, 2.05) is 24.3 Å². The SMILES string of the molecule is COc1cccc(COc2ccc3c(c2)O/C(=C\c2cc(OC)c(OC)c(OC)c2)C3=O)c1. The van der Waals surface area contributed by atoms with Gasteiger partial charge in [-0.2, -0.15) is 0 Å². The molecule has 0 aromatic heterocycles. The van der Waals surface area contributed by atoms with Gasteiger partial charge < -0.3 is 28.4 Å². The molecule has 0 bridgehead atoms. The van der Waals surface area contributed by atoms with Crippen LogP contribution >= 0.6 is 0 Å². The summed E-state index contributed by atoms with van der Waals surface area (Å²) in [6, 6.07) is 16.3. The lowest BCUT2D eigenvalue weighted by Crippen LogP contribution is -1.99. The molecule has 170 valence electrons. The summed E-state index contributed by atoms with van der Waals surface area (Å²) >= 11 is 0. The highest BCUT2D eigenvalue weighted by Crippen LogP contribution is 2.40. The summed E-state index contributed by atoms with van der Waals surface area (Å²) in [6.07, 6.45) is 1.64. The van der Waals surface area contributed by atoms with E-state index in [9.17, 15) is 4.79 Å². The van der Waals surface area contributed by atoms with Crippen molar-refractivity contribution in [3.05, 3.63) is 77.0 Å². The fourth-order valence-corrected chi connectivity index (χ4v) is 3.52. The van der Waals surface area contributed by atoms with Crippen LogP contribution in [0, 0.1) is 0 Å². The Hall–Kier alpha value is -4.13. The van der Waals surface area contributed by atoms with Crippen LogP contribution in [0.2, 0.25) is 0 Å². The second-order valence-electron chi connectivity index (χ2n) is 7.20. The van der Waals surface area contributed by atoms with Crippen molar-refractivity contribution in [3.63, 3.8) is 0 Å². The molecule has 0 amide bonds. The summed E-state index contributed by atoms with van der Waals surface area (Å²) in [6.45, 7) is 0.359. The highest BCUT2D eigenvalue weighted by atomic mass is 16.5. The Morgan fingerprint density at radius 2 is 1.58 bits per heavy atom. The van der Waals surface area contributed by atoms with E-state index in [1.54, 1.807) is 43.5 Å². The number of allylic oxidation sites excluding steroid dienone is 1. The number of Topliss-reactive ketones (excluding diaryl/α,β-unsaturated/α-hetero) is 1. The number of ether oxygens (including phenoxy) is 6. The van der Waals surface area contributed by atoms with E-state index < -0.39 is 0 Å². The molecule has 3 aromatic carbocycles. The van der Waals surface area contributed by atoms with Gasteiger partial charge in [0.25, 0.3) is 0 Å². The van der Waals surface area contributed by atoms with E-state index in [2.05, 4.69) is 0 Å². The number of methoxy groups -OCH3 is 4. The lowest BCUT2D eigenvalue weighted by Gasteiger charge is -2.13. The van der Waals surface area contributed by atoms with E-state index in [0.717, 1.165) is 11.3 Å². The van der Waals surface area contributed by atoms with Crippen molar-refractivity contribution in [2.24, 2.45) is 0 Å². The van der Waals surface area contributed by atoms with Crippen LogP contribution in [0.5, 0.6) is 34.5 Å². The first-order valence-electron chi connectivity index (χ1n) is 10.2. The second kappa shape index (κ2) is 9.56. The Kier molecular flexibility index (Phi) is 6.40. The molecular formula is C26H24O7. The molecule has 3 aromatic rings. The van der Waals surface area contributed by atoms with Crippen molar-refractivity contribution in [1.29, 1.82) is 0 Å². The molecule has 0 aliphatic carbocycles. The smallest absolute Gasteiger partial charge is 0.231 e. The quantitative estimate of drug-likeness (QED) is 0.453. The van der Waals surface area contributed by atoms with Crippen LogP contribution in [0.3, 0.4) is 0 Å². The van der Waals surface area contributed by atoms with E-state index in [0.29, 0.717) is 46.5 Å². The van der Waals surface area contributed by atoms with Crippen molar-refractivity contribution < 1.29 is 33.2 Å². The van der Waals surface area contributed by atoms with Crippen LogP contribution < -0.4 is 28.4 Å². The van der Waals surface area contributed by atoms with E-state index in [1.165, 1.54) is 21.3 Å². The van der Waals surface area contributed by atoms with E-state index in [-0.39, 0.29) is 11.5 Å². The summed E-state index contributed by atoms with van der Waals surface area (Å²) in [5.41, 5.74) is 2.12. The Balaban J connectivity index is 1.54. The first-order valence-corrected chi connectivity index (χ1v) is 10.2. The van der Waals surface area contributed by atoms with Gasteiger partial charge in [-0.05, 0) is 53.6 Å². The molecule has 33 heavy (non-hydrogen) atoms. The van der Waals surface area contributed by atoms with Gasteiger partial charge in [-0.15, -0.1) is 0 Å². The van der Waals surface area contributed by atoms with Crippen LogP contribution in [0.4, 0.5) is 0 Å². The van der Waals surface area contributed by atoms with E-state index in [4.69, 9.17) is 28.4 Å². The maximum Gasteiger partial charge on any atom is 0.231 e. The summed E-state index contributed by atoms with van der Waals surface area (Å²) in [5, 5.41) is 0. The van der Waals surface area contributed by atoms with Crippen LogP contribution in [0.1, 0.15) is 21.5 Å². The lowest BCUT2D eigenvalue weighted by atomic mass is 10.1. The lowest BCUT2D eigenvalue weighted by molar-refractivity contribution is 0.101. The third-order valence-corrected chi connectivity index (χ3v) is 5.17. The average molecular weight is 448 g/mol. The fourth-order valence-electron chi connectivity index (χ4n) is 3.52. The fraction of sp³-hybridized carbons (Fsp3) is 0.192. The Bertz CT molecular complexity index is 1190. The molecule has 0 radical (unpaired) electrons. The molecule has 7 heteroatoms. The number of hydrogen-bond donors (Lipinski definition) is 0. The zero-order valence-electron chi connectivity index (χ0n) is 18.8. The van der Waals surface area contributed by atoms with Gasteiger partial charge in [0, 0.05) is 6.07 Å². The number of carbonyl (C=O) groups excluding carboxylic acids is 1. The molecule has 0 saturated carbocycles.